The van der Waals surface area contributed by atoms with Gasteiger partial charge < -0.3 is 9.80 Å². The number of halogens is 1. The lowest BCUT2D eigenvalue weighted by molar-refractivity contribution is -0.135. The first kappa shape index (κ1) is 16.0. The van der Waals surface area contributed by atoms with E-state index >= 15 is 0 Å². The van der Waals surface area contributed by atoms with Crippen molar-refractivity contribution in [1.82, 2.24) is 25.5 Å². The first-order valence-corrected chi connectivity index (χ1v) is 8.74. The molecular formula is C17H21FN6O. The summed E-state index contributed by atoms with van der Waals surface area (Å²) in [5.74, 6) is 0.906. The van der Waals surface area contributed by atoms with E-state index in [0.29, 0.717) is 25.3 Å². The molecule has 1 N–H and O–H groups in total. The van der Waals surface area contributed by atoms with E-state index in [1.165, 1.54) is 6.07 Å². The first-order valence-electron chi connectivity index (χ1n) is 8.74. The summed E-state index contributed by atoms with van der Waals surface area (Å²) < 4.78 is 13.9. The van der Waals surface area contributed by atoms with Crippen molar-refractivity contribution in [3.63, 3.8) is 0 Å². The molecule has 1 atom stereocenters. The molecule has 0 saturated carbocycles. The number of likely N-dealkylation sites (tertiary alicyclic amines) is 1. The molecule has 1 aromatic heterocycles. The number of H-pyrrole nitrogens is 1. The van der Waals surface area contributed by atoms with Gasteiger partial charge >= 0.3 is 0 Å². The molecule has 2 aliphatic rings. The number of anilines is 1. The highest BCUT2D eigenvalue weighted by Gasteiger charge is 2.34. The normalized spacial score (nSPS) is 21.7. The lowest BCUT2D eigenvalue weighted by Gasteiger charge is -2.32. The number of aromatic amines is 1. The number of hydrogen-bond acceptors (Lipinski definition) is 5. The SMILES string of the molecule is O=C(C1CCN(c2ccccc2F)C1)N1CCC(c2nn[nH]n2)CC1. The highest BCUT2D eigenvalue weighted by atomic mass is 19.1. The van der Waals surface area contributed by atoms with Crippen molar-refractivity contribution < 1.29 is 9.18 Å². The minimum atomic E-state index is -0.225. The molecule has 2 aliphatic heterocycles. The fourth-order valence-electron chi connectivity index (χ4n) is 3.85. The molecule has 132 valence electrons. The summed E-state index contributed by atoms with van der Waals surface area (Å²) >= 11 is 0. The number of rotatable bonds is 3. The number of carbonyl (C=O) groups is 1. The molecule has 1 aromatic carbocycles. The number of aromatic nitrogens is 4. The molecule has 25 heavy (non-hydrogen) atoms. The summed E-state index contributed by atoms with van der Waals surface area (Å²) in [7, 11) is 0. The minimum Gasteiger partial charge on any atom is -0.368 e. The second-order valence-electron chi connectivity index (χ2n) is 6.75. The van der Waals surface area contributed by atoms with Crippen LogP contribution in [-0.2, 0) is 4.79 Å². The van der Waals surface area contributed by atoms with Crippen molar-refractivity contribution in [3.8, 4) is 0 Å². The Labute approximate surface area is 145 Å². The summed E-state index contributed by atoms with van der Waals surface area (Å²) in [6.07, 6.45) is 2.49. The molecule has 8 heteroatoms. The highest BCUT2D eigenvalue weighted by molar-refractivity contribution is 5.80. The van der Waals surface area contributed by atoms with Gasteiger partial charge in [-0.1, -0.05) is 17.3 Å². The van der Waals surface area contributed by atoms with Crippen LogP contribution >= 0.6 is 0 Å². The summed E-state index contributed by atoms with van der Waals surface area (Å²) in [5.41, 5.74) is 0.591. The summed E-state index contributed by atoms with van der Waals surface area (Å²) in [6.45, 7) is 2.74. The van der Waals surface area contributed by atoms with Crippen molar-refractivity contribution in [2.75, 3.05) is 31.1 Å². The molecule has 4 rings (SSSR count). The summed E-state index contributed by atoms with van der Waals surface area (Å²) in [6, 6.07) is 6.76. The van der Waals surface area contributed by atoms with Crippen LogP contribution in [0.1, 0.15) is 31.0 Å². The molecule has 7 nitrogen and oxygen atoms in total. The third-order valence-electron chi connectivity index (χ3n) is 5.26. The van der Waals surface area contributed by atoms with Gasteiger partial charge in [0.25, 0.3) is 0 Å². The van der Waals surface area contributed by atoms with Gasteiger partial charge in [-0.05, 0) is 31.4 Å². The van der Waals surface area contributed by atoms with E-state index in [9.17, 15) is 9.18 Å². The van der Waals surface area contributed by atoms with Crippen molar-refractivity contribution in [3.05, 3.63) is 35.9 Å². The lowest BCUT2D eigenvalue weighted by Crippen LogP contribution is -2.42. The smallest absolute Gasteiger partial charge is 0.227 e. The molecule has 2 aromatic rings. The van der Waals surface area contributed by atoms with Gasteiger partial charge in [-0.3, -0.25) is 4.79 Å². The Balaban J connectivity index is 1.34. The second kappa shape index (κ2) is 6.78. The Hall–Kier alpha value is -2.51. The van der Waals surface area contributed by atoms with E-state index < -0.39 is 0 Å². The maximum atomic E-state index is 13.9. The van der Waals surface area contributed by atoms with E-state index in [0.717, 1.165) is 31.6 Å². The van der Waals surface area contributed by atoms with Crippen LogP contribution in [0, 0.1) is 11.7 Å². The van der Waals surface area contributed by atoms with Gasteiger partial charge in [0.1, 0.15) is 5.82 Å². The molecule has 0 radical (unpaired) electrons. The number of tetrazole rings is 1. The fraction of sp³-hybridized carbons (Fsp3) is 0.529. The molecule has 1 unspecified atom stereocenters. The zero-order chi connectivity index (χ0) is 17.2. The van der Waals surface area contributed by atoms with Crippen LogP contribution in [0.15, 0.2) is 24.3 Å². The highest BCUT2D eigenvalue weighted by Crippen LogP contribution is 2.30. The average Bonchev–Trinajstić information content (AvgIpc) is 3.34. The van der Waals surface area contributed by atoms with Gasteiger partial charge in [-0.15, -0.1) is 10.2 Å². The molecule has 2 fully saturated rings. The van der Waals surface area contributed by atoms with Gasteiger partial charge in [0.15, 0.2) is 5.82 Å². The Morgan fingerprint density at radius 2 is 1.96 bits per heavy atom. The Bertz CT molecular complexity index is 728. The topological polar surface area (TPSA) is 78.0 Å². The first-order chi connectivity index (χ1) is 12.2. The Morgan fingerprint density at radius 3 is 2.68 bits per heavy atom. The number of amides is 1. The van der Waals surface area contributed by atoms with Crippen molar-refractivity contribution in [2.45, 2.75) is 25.2 Å². The van der Waals surface area contributed by atoms with Gasteiger partial charge in [0.2, 0.25) is 5.91 Å². The Kier molecular flexibility index (Phi) is 4.33. The van der Waals surface area contributed by atoms with Crippen molar-refractivity contribution in [2.24, 2.45) is 5.92 Å². The molecule has 1 amide bonds. The predicted molar refractivity (Wildman–Crippen MR) is 89.5 cm³/mol. The standard InChI is InChI=1S/C17H21FN6O/c18-14-3-1-2-4-15(14)24-10-7-13(11-24)17(25)23-8-5-12(6-9-23)16-19-21-22-20-16/h1-4,12-13H,5-11H2,(H,19,20,21,22). The number of carbonyl (C=O) groups excluding carboxylic acids is 1. The number of hydrogen-bond donors (Lipinski definition) is 1. The zero-order valence-electron chi connectivity index (χ0n) is 13.9. The van der Waals surface area contributed by atoms with E-state index in [-0.39, 0.29) is 23.6 Å². The maximum Gasteiger partial charge on any atom is 0.227 e. The second-order valence-corrected chi connectivity index (χ2v) is 6.75. The van der Waals surface area contributed by atoms with Crippen molar-refractivity contribution >= 4 is 11.6 Å². The summed E-state index contributed by atoms with van der Waals surface area (Å²) in [5, 5.41) is 14.2. The van der Waals surface area contributed by atoms with E-state index in [2.05, 4.69) is 20.6 Å². The van der Waals surface area contributed by atoms with E-state index in [1.807, 2.05) is 15.9 Å². The van der Waals surface area contributed by atoms with Gasteiger partial charge in [-0.2, -0.15) is 5.21 Å². The number of benzene rings is 1. The molecular weight excluding hydrogens is 323 g/mol. The fourth-order valence-corrected chi connectivity index (χ4v) is 3.85. The maximum absolute atomic E-state index is 13.9. The van der Waals surface area contributed by atoms with Crippen LogP contribution in [0.4, 0.5) is 10.1 Å². The van der Waals surface area contributed by atoms with Gasteiger partial charge in [-0.25, -0.2) is 4.39 Å². The third-order valence-corrected chi connectivity index (χ3v) is 5.26. The molecule has 0 bridgehead atoms. The third kappa shape index (κ3) is 3.20. The predicted octanol–water partition coefficient (Wildman–Crippen LogP) is 1.57. The van der Waals surface area contributed by atoms with E-state index in [1.54, 1.807) is 12.1 Å². The van der Waals surface area contributed by atoms with Crippen LogP contribution in [0.25, 0.3) is 0 Å². The number of para-hydroxylation sites is 1. The van der Waals surface area contributed by atoms with Crippen LogP contribution in [0.3, 0.4) is 0 Å². The zero-order valence-corrected chi connectivity index (χ0v) is 13.9. The average molecular weight is 344 g/mol. The molecule has 0 aliphatic carbocycles. The minimum absolute atomic E-state index is 0.0543. The Morgan fingerprint density at radius 1 is 1.16 bits per heavy atom. The molecule has 2 saturated heterocycles. The van der Waals surface area contributed by atoms with Crippen molar-refractivity contribution in [1.29, 1.82) is 0 Å². The van der Waals surface area contributed by atoms with Crippen LogP contribution in [0.2, 0.25) is 0 Å². The van der Waals surface area contributed by atoms with Gasteiger partial charge in [0, 0.05) is 32.1 Å². The molecule has 3 heterocycles. The number of nitrogens with one attached hydrogen (secondary N) is 1. The van der Waals surface area contributed by atoms with Crippen LogP contribution < -0.4 is 4.90 Å². The lowest BCUT2D eigenvalue weighted by atomic mass is 9.95. The quantitative estimate of drug-likeness (QED) is 0.914. The number of nitrogens with zero attached hydrogens (tertiary/aromatic N) is 5. The monoisotopic (exact) mass is 344 g/mol. The van der Waals surface area contributed by atoms with Crippen LogP contribution in [-0.4, -0.2) is 57.6 Å². The molecule has 0 spiro atoms. The van der Waals surface area contributed by atoms with Crippen LogP contribution in [0.5, 0.6) is 0 Å². The van der Waals surface area contributed by atoms with E-state index in [4.69, 9.17) is 0 Å². The summed E-state index contributed by atoms with van der Waals surface area (Å²) in [4.78, 5) is 16.7. The number of piperidine rings is 1. The van der Waals surface area contributed by atoms with Gasteiger partial charge in [0.05, 0.1) is 11.6 Å². The largest absolute Gasteiger partial charge is 0.368 e.